The van der Waals surface area contributed by atoms with E-state index < -0.39 is 14.9 Å². The maximum atomic E-state index is 13.1. The third-order valence-electron chi connectivity index (χ3n) is 4.91. The summed E-state index contributed by atoms with van der Waals surface area (Å²) in [4.78, 5) is 21.0. The number of nitro groups is 1. The number of benzene rings is 1. The van der Waals surface area contributed by atoms with Crippen LogP contribution in [0.3, 0.4) is 0 Å². The Morgan fingerprint density at radius 3 is 2.48 bits per heavy atom. The highest BCUT2D eigenvalue weighted by atomic mass is 32.2. The van der Waals surface area contributed by atoms with Crippen molar-refractivity contribution >= 4 is 27.3 Å². The highest BCUT2D eigenvalue weighted by Crippen LogP contribution is 2.26. The lowest BCUT2D eigenvalue weighted by molar-refractivity contribution is -0.385. The molecule has 0 saturated carbocycles. The molecule has 12 heteroatoms. The largest absolute Gasteiger partial charge is 0.354 e. The van der Waals surface area contributed by atoms with Crippen LogP contribution in [0.4, 0.5) is 11.5 Å². The molecule has 1 aromatic carbocycles. The molecule has 1 aliphatic heterocycles. The molecule has 152 valence electrons. The van der Waals surface area contributed by atoms with E-state index in [-0.39, 0.29) is 23.7 Å². The van der Waals surface area contributed by atoms with Gasteiger partial charge in [-0.05, 0) is 25.5 Å². The van der Waals surface area contributed by atoms with Crippen molar-refractivity contribution < 1.29 is 13.3 Å². The van der Waals surface area contributed by atoms with Gasteiger partial charge in [0.1, 0.15) is 12.1 Å². The molecule has 0 amide bonds. The summed E-state index contributed by atoms with van der Waals surface area (Å²) in [6.45, 7) is 4.97. The van der Waals surface area contributed by atoms with Gasteiger partial charge in [-0.2, -0.15) is 18.9 Å². The van der Waals surface area contributed by atoms with E-state index in [0.29, 0.717) is 24.4 Å². The Hall–Kier alpha value is -3.12. The zero-order valence-corrected chi connectivity index (χ0v) is 16.7. The van der Waals surface area contributed by atoms with Crippen molar-refractivity contribution in [3.8, 4) is 0 Å². The van der Waals surface area contributed by atoms with Crippen molar-refractivity contribution in [3.05, 3.63) is 52.0 Å². The van der Waals surface area contributed by atoms with E-state index in [1.54, 1.807) is 11.4 Å². The van der Waals surface area contributed by atoms with E-state index in [1.165, 1.54) is 28.8 Å². The molecule has 1 aliphatic rings. The molecule has 4 rings (SSSR count). The number of hydrogen-bond acceptors (Lipinski definition) is 8. The number of nitro benzene ring substituents is 1. The number of fused-ring (bicyclic) bond motifs is 1. The zero-order valence-electron chi connectivity index (χ0n) is 15.9. The Morgan fingerprint density at radius 1 is 1.10 bits per heavy atom. The molecule has 0 atom stereocenters. The van der Waals surface area contributed by atoms with E-state index in [0.717, 1.165) is 11.5 Å². The molecule has 0 unspecified atom stereocenters. The highest BCUT2D eigenvalue weighted by Gasteiger charge is 2.31. The van der Waals surface area contributed by atoms with Crippen molar-refractivity contribution in [2.75, 3.05) is 31.1 Å². The number of non-ortho nitro benzene ring substituents is 1. The fraction of sp³-hybridized carbons (Fsp3) is 0.353. The van der Waals surface area contributed by atoms with Crippen molar-refractivity contribution in [2.45, 2.75) is 18.7 Å². The summed E-state index contributed by atoms with van der Waals surface area (Å²) >= 11 is 0. The molecule has 1 saturated heterocycles. The van der Waals surface area contributed by atoms with Gasteiger partial charge in [0.25, 0.3) is 11.5 Å². The second kappa shape index (κ2) is 7.04. The van der Waals surface area contributed by atoms with Gasteiger partial charge >= 0.3 is 0 Å². The van der Waals surface area contributed by atoms with E-state index in [2.05, 4.69) is 15.1 Å². The van der Waals surface area contributed by atoms with Crippen LogP contribution >= 0.6 is 0 Å². The number of aryl methyl sites for hydroxylation is 2. The molecule has 0 aliphatic carbocycles. The summed E-state index contributed by atoms with van der Waals surface area (Å²) in [6.07, 6.45) is 1.43. The Labute approximate surface area is 166 Å². The van der Waals surface area contributed by atoms with E-state index >= 15 is 0 Å². The quantitative estimate of drug-likeness (QED) is 0.457. The second-order valence-electron chi connectivity index (χ2n) is 6.83. The fourth-order valence-corrected chi connectivity index (χ4v) is 5.10. The smallest absolute Gasteiger partial charge is 0.269 e. The molecule has 0 N–H and O–H groups in total. The average Bonchev–Trinajstić information content (AvgIpc) is 3.15. The summed E-state index contributed by atoms with van der Waals surface area (Å²) in [5.74, 6) is 1.31. The molecule has 3 heterocycles. The standard InChI is InChI=1S/C17H19N7O4S/c1-12-9-14(24(25)26)3-4-15(12)29(27,28)22-7-5-21(6-8-22)16-10-13(2)20-17-18-11-19-23(16)17/h3-4,9-11H,5-8H2,1-2H3. The van der Waals surface area contributed by atoms with Crippen molar-refractivity contribution in [1.29, 1.82) is 0 Å². The number of sulfonamides is 1. The first kappa shape index (κ1) is 19.2. The number of anilines is 1. The molecule has 3 aromatic rings. The molecular formula is C17H19N7O4S. The van der Waals surface area contributed by atoms with Gasteiger partial charge in [-0.25, -0.2) is 13.4 Å². The zero-order chi connectivity index (χ0) is 20.8. The summed E-state index contributed by atoms with van der Waals surface area (Å²) in [5.41, 5.74) is 1.03. The van der Waals surface area contributed by atoms with Crippen LogP contribution in [-0.4, -0.2) is 63.4 Å². The van der Waals surface area contributed by atoms with Gasteiger partial charge in [0.2, 0.25) is 10.0 Å². The lowest BCUT2D eigenvalue weighted by Crippen LogP contribution is -2.49. The molecule has 0 radical (unpaired) electrons. The Balaban J connectivity index is 1.56. The minimum Gasteiger partial charge on any atom is -0.354 e. The number of piperazine rings is 1. The molecule has 11 nitrogen and oxygen atoms in total. The number of hydrogen-bond donors (Lipinski definition) is 0. The topological polar surface area (TPSA) is 127 Å². The Bertz CT molecular complexity index is 1200. The molecule has 1 fully saturated rings. The van der Waals surface area contributed by atoms with Gasteiger partial charge < -0.3 is 4.90 Å². The third kappa shape index (κ3) is 3.40. The normalized spacial score (nSPS) is 15.7. The lowest BCUT2D eigenvalue weighted by atomic mass is 10.2. The fourth-order valence-electron chi connectivity index (χ4n) is 3.47. The van der Waals surface area contributed by atoms with Gasteiger partial charge in [-0.15, -0.1) is 0 Å². The van der Waals surface area contributed by atoms with Crippen LogP contribution in [-0.2, 0) is 10.0 Å². The minimum absolute atomic E-state index is 0.0926. The number of aromatic nitrogens is 4. The second-order valence-corrected chi connectivity index (χ2v) is 8.73. The van der Waals surface area contributed by atoms with Crippen LogP contribution in [0.5, 0.6) is 0 Å². The highest BCUT2D eigenvalue weighted by molar-refractivity contribution is 7.89. The maximum Gasteiger partial charge on any atom is 0.269 e. The van der Waals surface area contributed by atoms with E-state index in [9.17, 15) is 18.5 Å². The SMILES string of the molecule is Cc1cc(N2CCN(S(=O)(=O)c3ccc([N+](=O)[O-])cc3C)CC2)n2ncnc2n1. The minimum atomic E-state index is -3.74. The summed E-state index contributed by atoms with van der Waals surface area (Å²) in [6, 6.07) is 5.70. The third-order valence-corrected chi connectivity index (χ3v) is 6.97. The average molecular weight is 417 g/mol. The van der Waals surface area contributed by atoms with Crippen molar-refractivity contribution in [2.24, 2.45) is 0 Å². The summed E-state index contributed by atoms with van der Waals surface area (Å²) in [5, 5.41) is 15.1. The van der Waals surface area contributed by atoms with Gasteiger partial charge in [0.05, 0.1) is 9.82 Å². The summed E-state index contributed by atoms with van der Waals surface area (Å²) < 4.78 is 29.2. The summed E-state index contributed by atoms with van der Waals surface area (Å²) in [7, 11) is -3.74. The predicted molar refractivity (Wildman–Crippen MR) is 104 cm³/mol. The predicted octanol–water partition coefficient (Wildman–Crippen LogP) is 1.16. The maximum absolute atomic E-state index is 13.1. The van der Waals surface area contributed by atoms with Crippen LogP contribution in [0.1, 0.15) is 11.3 Å². The lowest BCUT2D eigenvalue weighted by Gasteiger charge is -2.35. The van der Waals surface area contributed by atoms with Gasteiger partial charge in [-0.1, -0.05) is 0 Å². The first-order valence-corrected chi connectivity index (χ1v) is 10.4. The van der Waals surface area contributed by atoms with E-state index in [4.69, 9.17) is 0 Å². The van der Waals surface area contributed by atoms with Crippen molar-refractivity contribution in [1.82, 2.24) is 23.9 Å². The first-order valence-electron chi connectivity index (χ1n) is 8.95. The molecular weight excluding hydrogens is 398 g/mol. The van der Waals surface area contributed by atoms with Gasteiger partial charge in [0, 0.05) is 50.1 Å². The van der Waals surface area contributed by atoms with Crippen LogP contribution < -0.4 is 4.90 Å². The Kier molecular flexibility index (Phi) is 4.67. The van der Waals surface area contributed by atoms with Crippen LogP contribution in [0.25, 0.3) is 5.78 Å². The van der Waals surface area contributed by atoms with Crippen LogP contribution in [0.15, 0.2) is 35.5 Å². The number of rotatable bonds is 4. The van der Waals surface area contributed by atoms with Crippen LogP contribution in [0, 0.1) is 24.0 Å². The number of nitrogens with zero attached hydrogens (tertiary/aromatic N) is 7. The van der Waals surface area contributed by atoms with E-state index in [1.807, 2.05) is 17.9 Å². The first-order chi connectivity index (χ1) is 13.8. The van der Waals surface area contributed by atoms with Crippen molar-refractivity contribution in [3.63, 3.8) is 0 Å². The Morgan fingerprint density at radius 2 is 1.83 bits per heavy atom. The molecule has 2 aromatic heterocycles. The van der Waals surface area contributed by atoms with Crippen LogP contribution in [0.2, 0.25) is 0 Å². The van der Waals surface area contributed by atoms with Gasteiger partial charge in [-0.3, -0.25) is 10.1 Å². The van der Waals surface area contributed by atoms with Gasteiger partial charge in [0.15, 0.2) is 0 Å². The monoisotopic (exact) mass is 417 g/mol. The molecule has 29 heavy (non-hydrogen) atoms. The molecule has 0 spiro atoms. The molecule has 0 bridgehead atoms.